The zero-order valence-electron chi connectivity index (χ0n) is 11.6. The topological polar surface area (TPSA) is 42.4 Å². The summed E-state index contributed by atoms with van der Waals surface area (Å²) >= 11 is 1.62. The van der Waals surface area contributed by atoms with Crippen LogP contribution in [0.15, 0.2) is 53.9 Å². The summed E-state index contributed by atoms with van der Waals surface area (Å²) < 4.78 is 5.16. The van der Waals surface area contributed by atoms with Gasteiger partial charge in [0.15, 0.2) is 0 Å². The van der Waals surface area contributed by atoms with E-state index in [0.29, 0.717) is 0 Å². The lowest BCUT2D eigenvalue weighted by atomic mass is 10.1. The SMILES string of the molecule is COc1ccc(-c2nc(-c3ccc(CO)cc3)cs2)cc1. The third kappa shape index (κ3) is 2.96. The molecule has 0 spiro atoms. The molecule has 0 saturated carbocycles. The van der Waals surface area contributed by atoms with Crippen LogP contribution in [-0.2, 0) is 6.61 Å². The van der Waals surface area contributed by atoms with E-state index >= 15 is 0 Å². The minimum absolute atomic E-state index is 0.0639. The summed E-state index contributed by atoms with van der Waals surface area (Å²) in [5, 5.41) is 12.1. The van der Waals surface area contributed by atoms with Gasteiger partial charge in [-0.25, -0.2) is 4.98 Å². The summed E-state index contributed by atoms with van der Waals surface area (Å²) in [5.74, 6) is 0.843. The number of hydrogen-bond donors (Lipinski definition) is 1. The van der Waals surface area contributed by atoms with Gasteiger partial charge in [-0.3, -0.25) is 0 Å². The maximum absolute atomic E-state index is 9.07. The van der Waals surface area contributed by atoms with Crippen LogP contribution in [0, 0.1) is 0 Å². The predicted octanol–water partition coefficient (Wildman–Crippen LogP) is 3.98. The molecule has 21 heavy (non-hydrogen) atoms. The Hall–Kier alpha value is -2.17. The molecule has 3 nitrogen and oxygen atoms in total. The smallest absolute Gasteiger partial charge is 0.124 e. The van der Waals surface area contributed by atoms with Crippen molar-refractivity contribution in [2.75, 3.05) is 7.11 Å². The van der Waals surface area contributed by atoms with Crippen molar-refractivity contribution in [2.24, 2.45) is 0 Å². The number of ether oxygens (including phenoxy) is 1. The molecule has 2 aromatic carbocycles. The Labute approximate surface area is 127 Å². The first-order valence-corrected chi connectivity index (χ1v) is 7.48. The predicted molar refractivity (Wildman–Crippen MR) is 85.5 cm³/mol. The molecule has 0 atom stereocenters. The average Bonchev–Trinajstić information content (AvgIpc) is 3.05. The van der Waals surface area contributed by atoms with Crippen molar-refractivity contribution < 1.29 is 9.84 Å². The molecule has 0 aliphatic carbocycles. The minimum Gasteiger partial charge on any atom is -0.497 e. The molecule has 1 heterocycles. The van der Waals surface area contributed by atoms with Crippen LogP contribution < -0.4 is 4.74 Å². The van der Waals surface area contributed by atoms with Crippen molar-refractivity contribution in [1.29, 1.82) is 0 Å². The minimum atomic E-state index is 0.0639. The first-order valence-electron chi connectivity index (χ1n) is 6.60. The molecular weight excluding hydrogens is 282 g/mol. The Bertz CT molecular complexity index is 655. The Morgan fingerprint density at radius 3 is 2.29 bits per heavy atom. The maximum Gasteiger partial charge on any atom is 0.124 e. The lowest BCUT2D eigenvalue weighted by Gasteiger charge is -2.01. The Morgan fingerprint density at radius 2 is 1.67 bits per heavy atom. The third-order valence-electron chi connectivity index (χ3n) is 3.27. The summed E-state index contributed by atoms with van der Waals surface area (Å²) in [6.45, 7) is 0.0639. The average molecular weight is 297 g/mol. The van der Waals surface area contributed by atoms with Crippen molar-refractivity contribution in [2.45, 2.75) is 6.61 Å². The molecule has 3 rings (SSSR count). The molecule has 0 saturated heterocycles. The fourth-order valence-electron chi connectivity index (χ4n) is 2.05. The number of benzene rings is 2. The van der Waals surface area contributed by atoms with Crippen LogP contribution in [0.4, 0.5) is 0 Å². The fraction of sp³-hybridized carbons (Fsp3) is 0.118. The van der Waals surface area contributed by atoms with Gasteiger partial charge in [0.25, 0.3) is 0 Å². The van der Waals surface area contributed by atoms with Gasteiger partial charge in [0.1, 0.15) is 10.8 Å². The van der Waals surface area contributed by atoms with Gasteiger partial charge in [0, 0.05) is 16.5 Å². The van der Waals surface area contributed by atoms with E-state index in [1.165, 1.54) is 0 Å². The number of aromatic nitrogens is 1. The van der Waals surface area contributed by atoms with E-state index in [0.717, 1.165) is 33.1 Å². The number of thiazole rings is 1. The lowest BCUT2D eigenvalue weighted by molar-refractivity contribution is 0.282. The highest BCUT2D eigenvalue weighted by Gasteiger charge is 2.07. The second-order valence-electron chi connectivity index (χ2n) is 4.62. The molecule has 0 amide bonds. The second kappa shape index (κ2) is 6.08. The number of rotatable bonds is 4. The van der Waals surface area contributed by atoms with Crippen LogP contribution in [-0.4, -0.2) is 17.2 Å². The van der Waals surface area contributed by atoms with Crippen molar-refractivity contribution in [3.8, 4) is 27.6 Å². The quantitative estimate of drug-likeness (QED) is 0.792. The zero-order valence-corrected chi connectivity index (χ0v) is 12.4. The molecule has 106 valence electrons. The molecule has 0 unspecified atom stereocenters. The Balaban J connectivity index is 1.87. The fourth-order valence-corrected chi connectivity index (χ4v) is 2.89. The Morgan fingerprint density at radius 1 is 1.00 bits per heavy atom. The second-order valence-corrected chi connectivity index (χ2v) is 5.48. The first-order chi connectivity index (χ1) is 10.3. The van der Waals surface area contributed by atoms with Crippen molar-refractivity contribution in [3.05, 3.63) is 59.5 Å². The van der Waals surface area contributed by atoms with Crippen LogP contribution in [0.2, 0.25) is 0 Å². The molecule has 1 aromatic heterocycles. The van der Waals surface area contributed by atoms with Crippen LogP contribution in [0.25, 0.3) is 21.8 Å². The molecule has 0 bridgehead atoms. The molecule has 0 aliphatic heterocycles. The van der Waals surface area contributed by atoms with Crippen LogP contribution >= 0.6 is 11.3 Å². The molecule has 3 aromatic rings. The monoisotopic (exact) mass is 297 g/mol. The molecular formula is C17H15NO2S. The van der Waals surface area contributed by atoms with Gasteiger partial charge in [0.2, 0.25) is 0 Å². The lowest BCUT2D eigenvalue weighted by Crippen LogP contribution is -1.84. The summed E-state index contributed by atoms with van der Waals surface area (Å²) in [4.78, 5) is 4.68. The number of methoxy groups -OCH3 is 1. The van der Waals surface area contributed by atoms with E-state index in [2.05, 4.69) is 4.98 Å². The van der Waals surface area contributed by atoms with E-state index in [1.54, 1.807) is 18.4 Å². The standard InChI is InChI=1S/C17H15NO2S/c1-20-15-8-6-14(7-9-15)17-18-16(11-21-17)13-4-2-12(10-19)3-5-13/h2-9,11,19H,10H2,1H3. The summed E-state index contributed by atoms with van der Waals surface area (Å²) in [7, 11) is 1.66. The van der Waals surface area contributed by atoms with Gasteiger partial charge in [-0.2, -0.15) is 0 Å². The van der Waals surface area contributed by atoms with Crippen LogP contribution in [0.5, 0.6) is 5.75 Å². The van der Waals surface area contributed by atoms with Gasteiger partial charge >= 0.3 is 0 Å². The first kappa shape index (κ1) is 13.8. The largest absolute Gasteiger partial charge is 0.497 e. The number of aliphatic hydroxyl groups is 1. The summed E-state index contributed by atoms with van der Waals surface area (Å²) in [6.07, 6.45) is 0. The number of hydrogen-bond acceptors (Lipinski definition) is 4. The number of nitrogens with zero attached hydrogens (tertiary/aromatic N) is 1. The Kier molecular flexibility index (Phi) is 3.99. The molecule has 1 N–H and O–H groups in total. The maximum atomic E-state index is 9.07. The van der Waals surface area contributed by atoms with Crippen molar-refractivity contribution in [3.63, 3.8) is 0 Å². The van der Waals surface area contributed by atoms with Gasteiger partial charge in [-0.15, -0.1) is 11.3 Å². The van der Waals surface area contributed by atoms with E-state index < -0.39 is 0 Å². The van der Waals surface area contributed by atoms with Gasteiger partial charge in [0.05, 0.1) is 19.4 Å². The molecule has 0 aliphatic rings. The van der Waals surface area contributed by atoms with Crippen molar-refractivity contribution >= 4 is 11.3 Å². The summed E-state index contributed by atoms with van der Waals surface area (Å²) in [6, 6.07) is 15.7. The molecule has 0 fully saturated rings. The van der Waals surface area contributed by atoms with E-state index in [4.69, 9.17) is 9.84 Å². The normalized spacial score (nSPS) is 10.6. The zero-order chi connectivity index (χ0) is 14.7. The number of aliphatic hydroxyl groups excluding tert-OH is 1. The van der Waals surface area contributed by atoms with Crippen molar-refractivity contribution in [1.82, 2.24) is 4.98 Å². The van der Waals surface area contributed by atoms with Crippen LogP contribution in [0.3, 0.4) is 0 Å². The van der Waals surface area contributed by atoms with Crippen LogP contribution in [0.1, 0.15) is 5.56 Å². The molecule has 0 radical (unpaired) electrons. The highest BCUT2D eigenvalue weighted by atomic mass is 32.1. The third-order valence-corrected chi connectivity index (χ3v) is 4.16. The van der Waals surface area contributed by atoms with E-state index in [-0.39, 0.29) is 6.61 Å². The van der Waals surface area contributed by atoms with E-state index in [9.17, 15) is 0 Å². The van der Waals surface area contributed by atoms with Gasteiger partial charge in [-0.1, -0.05) is 24.3 Å². The molecule has 4 heteroatoms. The summed E-state index contributed by atoms with van der Waals surface area (Å²) in [5.41, 5.74) is 4.00. The van der Waals surface area contributed by atoms with E-state index in [1.807, 2.05) is 53.9 Å². The highest BCUT2D eigenvalue weighted by Crippen LogP contribution is 2.29. The van der Waals surface area contributed by atoms with Gasteiger partial charge in [-0.05, 0) is 29.8 Å². The highest BCUT2D eigenvalue weighted by molar-refractivity contribution is 7.13. The van der Waals surface area contributed by atoms with Gasteiger partial charge < -0.3 is 9.84 Å².